The molecule has 0 spiro atoms. The predicted molar refractivity (Wildman–Crippen MR) is 76.4 cm³/mol. The van der Waals surface area contributed by atoms with Crippen molar-refractivity contribution < 1.29 is 9.59 Å². The van der Waals surface area contributed by atoms with Gasteiger partial charge in [0.2, 0.25) is 5.91 Å². The van der Waals surface area contributed by atoms with Crippen LogP contribution in [0.2, 0.25) is 0 Å². The molecule has 0 saturated carbocycles. The van der Waals surface area contributed by atoms with E-state index in [1.54, 1.807) is 0 Å². The molecule has 2 saturated heterocycles. The van der Waals surface area contributed by atoms with E-state index in [0.717, 1.165) is 42.4 Å². The molecule has 0 aromatic heterocycles. The normalized spacial score (nSPS) is 25.9. The number of hydrogen-bond donors (Lipinski definition) is 1. The van der Waals surface area contributed by atoms with Gasteiger partial charge in [-0.3, -0.25) is 9.59 Å². The zero-order chi connectivity index (χ0) is 13.4. The Morgan fingerprint density at radius 2 is 2.26 bits per heavy atom. The van der Waals surface area contributed by atoms with Crippen LogP contribution in [-0.4, -0.2) is 31.3 Å². The van der Waals surface area contributed by atoms with Crippen LogP contribution in [0.25, 0.3) is 0 Å². The molecule has 0 bridgehead atoms. The van der Waals surface area contributed by atoms with Crippen molar-refractivity contribution in [2.45, 2.75) is 18.9 Å². The van der Waals surface area contributed by atoms with Crippen molar-refractivity contribution >= 4 is 33.8 Å². The standard InChI is InChI=1S/C14H15BrN2O2/c15-12-6-10(4-3-9(12)8-18)17-5-1-2-11-13(17)7-16-14(11)19/h3-4,6,8,11,13H,1-2,5,7H2,(H,16,19). The van der Waals surface area contributed by atoms with E-state index in [1.165, 1.54) is 0 Å². The zero-order valence-electron chi connectivity index (χ0n) is 10.4. The lowest BCUT2D eigenvalue weighted by atomic mass is 9.91. The third kappa shape index (κ3) is 2.16. The van der Waals surface area contributed by atoms with E-state index in [9.17, 15) is 9.59 Å². The fourth-order valence-electron chi connectivity index (χ4n) is 3.06. The largest absolute Gasteiger partial charge is 0.366 e. The molecule has 1 aromatic carbocycles. The molecule has 2 heterocycles. The van der Waals surface area contributed by atoms with Crippen molar-refractivity contribution in [3.8, 4) is 0 Å². The first-order valence-corrected chi connectivity index (χ1v) is 7.29. The quantitative estimate of drug-likeness (QED) is 0.847. The summed E-state index contributed by atoms with van der Waals surface area (Å²) in [5.41, 5.74) is 1.72. The number of hydrogen-bond acceptors (Lipinski definition) is 3. The summed E-state index contributed by atoms with van der Waals surface area (Å²) in [7, 11) is 0. The third-order valence-electron chi connectivity index (χ3n) is 4.04. The minimum Gasteiger partial charge on any atom is -0.366 e. The average molecular weight is 323 g/mol. The molecule has 2 aliphatic rings. The smallest absolute Gasteiger partial charge is 0.225 e. The Hall–Kier alpha value is -1.36. The Morgan fingerprint density at radius 1 is 1.42 bits per heavy atom. The SMILES string of the molecule is O=Cc1ccc(N2CCCC3C(=O)NCC32)cc1Br. The first-order valence-electron chi connectivity index (χ1n) is 6.50. The highest BCUT2D eigenvalue weighted by atomic mass is 79.9. The van der Waals surface area contributed by atoms with Gasteiger partial charge in [-0.15, -0.1) is 0 Å². The van der Waals surface area contributed by atoms with Crippen LogP contribution < -0.4 is 10.2 Å². The van der Waals surface area contributed by atoms with Crippen LogP contribution in [0.15, 0.2) is 22.7 Å². The summed E-state index contributed by atoms with van der Waals surface area (Å²) in [5.74, 6) is 0.288. The predicted octanol–water partition coefficient (Wildman–Crippen LogP) is 1.98. The second-order valence-electron chi connectivity index (χ2n) is 5.08. The van der Waals surface area contributed by atoms with Gasteiger partial charge < -0.3 is 10.2 Å². The number of halogens is 1. The number of carbonyl (C=O) groups excluding carboxylic acids is 2. The Kier molecular flexibility index (Phi) is 3.31. The van der Waals surface area contributed by atoms with E-state index in [1.807, 2.05) is 18.2 Å². The van der Waals surface area contributed by atoms with Gasteiger partial charge in [-0.2, -0.15) is 0 Å². The summed E-state index contributed by atoms with van der Waals surface area (Å²) in [5, 5.41) is 2.95. The minimum absolute atomic E-state index is 0.110. The average Bonchev–Trinajstić information content (AvgIpc) is 2.80. The van der Waals surface area contributed by atoms with Gasteiger partial charge in [-0.05, 0) is 47.0 Å². The number of carbonyl (C=O) groups is 2. The van der Waals surface area contributed by atoms with Crippen LogP contribution >= 0.6 is 15.9 Å². The number of benzene rings is 1. The molecular formula is C14H15BrN2O2. The van der Waals surface area contributed by atoms with Crippen molar-refractivity contribution in [3.05, 3.63) is 28.2 Å². The van der Waals surface area contributed by atoms with Gasteiger partial charge in [0.15, 0.2) is 6.29 Å². The van der Waals surface area contributed by atoms with Crippen molar-refractivity contribution in [2.75, 3.05) is 18.0 Å². The van der Waals surface area contributed by atoms with E-state index in [0.29, 0.717) is 5.56 Å². The highest BCUT2D eigenvalue weighted by Gasteiger charge is 2.40. The number of rotatable bonds is 2. The zero-order valence-corrected chi connectivity index (χ0v) is 12.0. The number of nitrogens with zero attached hydrogens (tertiary/aromatic N) is 1. The summed E-state index contributed by atoms with van der Waals surface area (Å²) in [6, 6.07) is 5.99. The number of anilines is 1. The van der Waals surface area contributed by atoms with E-state index in [2.05, 4.69) is 26.1 Å². The molecule has 2 aliphatic heterocycles. The van der Waals surface area contributed by atoms with Crippen LogP contribution in [0.3, 0.4) is 0 Å². The Labute approximate surface area is 120 Å². The molecule has 2 fully saturated rings. The fraction of sp³-hybridized carbons (Fsp3) is 0.429. The molecule has 100 valence electrons. The summed E-state index contributed by atoms with van der Waals surface area (Å²) >= 11 is 3.42. The lowest BCUT2D eigenvalue weighted by molar-refractivity contribution is -0.122. The van der Waals surface area contributed by atoms with E-state index in [4.69, 9.17) is 0 Å². The molecule has 2 atom stereocenters. The van der Waals surface area contributed by atoms with Crippen molar-refractivity contribution in [1.29, 1.82) is 0 Å². The minimum atomic E-state index is 0.110. The van der Waals surface area contributed by atoms with Crippen LogP contribution in [0.1, 0.15) is 23.2 Å². The van der Waals surface area contributed by atoms with Gasteiger partial charge in [0.25, 0.3) is 0 Å². The number of nitrogens with one attached hydrogen (secondary N) is 1. The molecule has 4 nitrogen and oxygen atoms in total. The lowest BCUT2D eigenvalue weighted by Crippen LogP contribution is -2.45. The maximum atomic E-state index is 11.8. The molecular weight excluding hydrogens is 308 g/mol. The fourth-order valence-corrected chi connectivity index (χ4v) is 3.52. The third-order valence-corrected chi connectivity index (χ3v) is 4.73. The Morgan fingerprint density at radius 3 is 3.00 bits per heavy atom. The summed E-state index contributed by atoms with van der Waals surface area (Å²) < 4.78 is 0.805. The molecule has 1 N–H and O–H groups in total. The van der Waals surface area contributed by atoms with Crippen LogP contribution in [-0.2, 0) is 4.79 Å². The van der Waals surface area contributed by atoms with Crippen LogP contribution in [0.4, 0.5) is 5.69 Å². The van der Waals surface area contributed by atoms with E-state index in [-0.39, 0.29) is 17.9 Å². The van der Waals surface area contributed by atoms with Gasteiger partial charge in [-0.1, -0.05) is 0 Å². The molecule has 3 rings (SSSR count). The maximum Gasteiger partial charge on any atom is 0.225 e. The lowest BCUT2D eigenvalue weighted by Gasteiger charge is -2.37. The molecule has 1 aromatic rings. The second-order valence-corrected chi connectivity index (χ2v) is 5.93. The summed E-state index contributed by atoms with van der Waals surface area (Å²) in [6.45, 7) is 1.68. The molecule has 19 heavy (non-hydrogen) atoms. The van der Waals surface area contributed by atoms with Crippen molar-refractivity contribution in [2.24, 2.45) is 5.92 Å². The number of fused-ring (bicyclic) bond motifs is 1. The molecule has 0 aliphatic carbocycles. The topological polar surface area (TPSA) is 49.4 Å². The van der Waals surface area contributed by atoms with Crippen molar-refractivity contribution in [1.82, 2.24) is 5.32 Å². The summed E-state index contributed by atoms with van der Waals surface area (Å²) in [4.78, 5) is 24.9. The van der Waals surface area contributed by atoms with Gasteiger partial charge in [-0.25, -0.2) is 0 Å². The van der Waals surface area contributed by atoms with E-state index < -0.39 is 0 Å². The van der Waals surface area contributed by atoms with Gasteiger partial charge in [0, 0.05) is 28.8 Å². The van der Waals surface area contributed by atoms with Crippen molar-refractivity contribution in [3.63, 3.8) is 0 Å². The Bertz CT molecular complexity index is 532. The molecule has 5 heteroatoms. The molecule has 0 radical (unpaired) electrons. The van der Waals surface area contributed by atoms with Gasteiger partial charge in [0.05, 0.1) is 12.0 Å². The maximum absolute atomic E-state index is 11.8. The molecule has 2 unspecified atom stereocenters. The highest BCUT2D eigenvalue weighted by Crippen LogP contribution is 2.33. The number of aldehydes is 1. The molecule has 1 amide bonds. The number of piperidine rings is 1. The summed E-state index contributed by atoms with van der Waals surface area (Å²) in [6.07, 6.45) is 2.84. The van der Waals surface area contributed by atoms with Gasteiger partial charge in [0.1, 0.15) is 0 Å². The first-order chi connectivity index (χ1) is 9.20. The van der Waals surface area contributed by atoms with Gasteiger partial charge >= 0.3 is 0 Å². The monoisotopic (exact) mass is 322 g/mol. The van der Waals surface area contributed by atoms with Crippen LogP contribution in [0, 0.1) is 5.92 Å². The van der Waals surface area contributed by atoms with Crippen LogP contribution in [0.5, 0.6) is 0 Å². The Balaban J connectivity index is 1.91. The van der Waals surface area contributed by atoms with E-state index >= 15 is 0 Å². The highest BCUT2D eigenvalue weighted by molar-refractivity contribution is 9.10. The second kappa shape index (κ2) is 4.96. The number of amides is 1. The first kappa shape index (κ1) is 12.7.